The van der Waals surface area contributed by atoms with Crippen LogP contribution in [0.4, 0.5) is 0 Å². The Balaban J connectivity index is 1.68. The molecule has 1 fully saturated rings. The van der Waals surface area contributed by atoms with Gasteiger partial charge < -0.3 is 74.4 Å². The molecule has 25 heteroatoms. The first-order valence-corrected chi connectivity index (χ1v) is 22.7. The second-order valence-electron chi connectivity index (χ2n) is 16.9. The number of allylic oxidation sites excluding steroid dienone is 2. The van der Waals surface area contributed by atoms with Crippen LogP contribution in [-0.4, -0.2) is 168 Å². The highest BCUT2D eigenvalue weighted by atomic mass is 32.2. The number of guanidine groups is 1. The van der Waals surface area contributed by atoms with Crippen molar-refractivity contribution in [2.45, 2.75) is 101 Å². The maximum absolute atomic E-state index is 14.6. The number of carbonyl (C=O) groups is 9. The van der Waals surface area contributed by atoms with E-state index in [9.17, 15) is 53.4 Å². The Kier molecular flexibility index (Phi) is 17.5. The third kappa shape index (κ3) is 12.6. The first kappa shape index (κ1) is 50.8. The minimum Gasteiger partial charge on any atom is -0.394 e. The summed E-state index contributed by atoms with van der Waals surface area (Å²) in [6, 6.07) is -9.96. The quantitative estimate of drug-likeness (QED) is 0.0796. The zero-order chi connectivity index (χ0) is 48.4. The minimum absolute atomic E-state index is 0.0428. The van der Waals surface area contributed by atoms with Crippen LogP contribution in [0.15, 0.2) is 39.9 Å². The van der Waals surface area contributed by atoms with Crippen molar-refractivity contribution in [2.24, 2.45) is 34.2 Å². The van der Waals surface area contributed by atoms with Gasteiger partial charge in [0.05, 0.1) is 43.3 Å². The lowest BCUT2D eigenvalue weighted by Gasteiger charge is -2.33. The van der Waals surface area contributed by atoms with Crippen molar-refractivity contribution in [3.63, 3.8) is 0 Å². The van der Waals surface area contributed by atoms with E-state index in [0.29, 0.717) is 17.0 Å². The molecular formula is C41H61N13O11S. The van der Waals surface area contributed by atoms with Crippen molar-refractivity contribution in [1.29, 1.82) is 0 Å². The average Bonchev–Trinajstić information content (AvgIpc) is 3.88. The molecule has 5 rings (SSSR count). The summed E-state index contributed by atoms with van der Waals surface area (Å²) in [5.74, 6) is -10.3. The molecule has 362 valence electrons. The summed E-state index contributed by atoms with van der Waals surface area (Å²) in [5, 5.41) is 45.7. The topological polar surface area (TPSA) is 370 Å². The number of aliphatic imine (C=N–C) groups is 1. The summed E-state index contributed by atoms with van der Waals surface area (Å²) in [6.07, 6.45) is 5.07. The molecule has 2 bridgehead atoms. The fraction of sp³-hybridized carbons (Fsp3) is 0.610. The third-order valence-corrected chi connectivity index (χ3v) is 13.5. The van der Waals surface area contributed by atoms with Gasteiger partial charge in [0.1, 0.15) is 36.3 Å². The number of hydrogen-bond donors (Lipinski definition) is 13. The van der Waals surface area contributed by atoms with E-state index < -0.39 is 145 Å². The van der Waals surface area contributed by atoms with Crippen LogP contribution in [0.1, 0.15) is 46.5 Å². The van der Waals surface area contributed by atoms with Crippen LogP contribution in [0.25, 0.3) is 0 Å². The van der Waals surface area contributed by atoms with Gasteiger partial charge in [-0.15, -0.1) is 11.8 Å². The van der Waals surface area contributed by atoms with Crippen molar-refractivity contribution < 1.29 is 53.4 Å². The van der Waals surface area contributed by atoms with E-state index in [2.05, 4.69) is 52.8 Å². The lowest BCUT2D eigenvalue weighted by Crippen LogP contribution is -2.62. The summed E-state index contributed by atoms with van der Waals surface area (Å²) in [7, 11) is 1.40. The number of nitrogens with zero attached hydrogens (tertiary/aromatic N) is 2. The van der Waals surface area contributed by atoms with E-state index in [4.69, 9.17) is 11.5 Å². The molecule has 24 nitrogen and oxygen atoms in total. The predicted octanol–water partition coefficient (Wildman–Crippen LogP) is -5.87. The Labute approximate surface area is 385 Å². The molecule has 5 aliphatic rings. The van der Waals surface area contributed by atoms with Crippen molar-refractivity contribution >= 4 is 70.9 Å². The molecule has 0 saturated carbocycles. The van der Waals surface area contributed by atoms with Gasteiger partial charge in [0.25, 0.3) is 0 Å². The van der Waals surface area contributed by atoms with Crippen LogP contribution >= 0.6 is 11.8 Å². The molecule has 0 spiro atoms. The Morgan fingerprint density at radius 3 is 2.21 bits per heavy atom. The van der Waals surface area contributed by atoms with Gasteiger partial charge in [-0.25, -0.2) is 0 Å². The Morgan fingerprint density at radius 2 is 1.55 bits per heavy atom. The molecule has 0 aromatic carbocycles. The van der Waals surface area contributed by atoms with Crippen molar-refractivity contribution in [3.8, 4) is 0 Å². The van der Waals surface area contributed by atoms with E-state index in [-0.39, 0.29) is 37.1 Å². The van der Waals surface area contributed by atoms with Gasteiger partial charge in [-0.05, 0) is 17.9 Å². The van der Waals surface area contributed by atoms with E-state index in [1.807, 2.05) is 12.2 Å². The molecule has 4 aliphatic heterocycles. The van der Waals surface area contributed by atoms with Crippen LogP contribution < -0.4 is 59.3 Å². The van der Waals surface area contributed by atoms with Gasteiger partial charge in [0, 0.05) is 43.6 Å². The number of amides is 9. The van der Waals surface area contributed by atoms with Gasteiger partial charge in [-0.2, -0.15) is 0 Å². The minimum atomic E-state index is -1.69. The number of aliphatic hydroxyl groups excluding tert-OH is 2. The van der Waals surface area contributed by atoms with E-state index in [0.717, 1.165) is 16.7 Å². The monoisotopic (exact) mass is 943 g/mol. The maximum atomic E-state index is 14.6. The highest BCUT2D eigenvalue weighted by Crippen LogP contribution is 2.38. The van der Waals surface area contributed by atoms with Gasteiger partial charge in [0.15, 0.2) is 5.96 Å². The lowest BCUT2D eigenvalue weighted by molar-refractivity contribution is -0.144. The first-order valence-electron chi connectivity index (χ1n) is 21.7. The number of carbonyl (C=O) groups excluding carboxylic acids is 9. The summed E-state index contributed by atoms with van der Waals surface area (Å²) >= 11 is 1.08. The Morgan fingerprint density at radius 1 is 0.864 bits per heavy atom. The molecule has 1 saturated heterocycles. The van der Waals surface area contributed by atoms with Crippen LogP contribution in [-0.2, 0) is 43.2 Å². The third-order valence-electron chi connectivity index (χ3n) is 12.3. The molecular weight excluding hydrogens is 883 g/mol. The molecule has 4 heterocycles. The van der Waals surface area contributed by atoms with Crippen molar-refractivity contribution in [3.05, 3.63) is 34.9 Å². The van der Waals surface area contributed by atoms with Crippen LogP contribution in [0.2, 0.25) is 0 Å². The van der Waals surface area contributed by atoms with Gasteiger partial charge in [0.2, 0.25) is 53.2 Å². The summed E-state index contributed by atoms with van der Waals surface area (Å²) < 4.78 is 0. The van der Waals surface area contributed by atoms with E-state index in [1.54, 1.807) is 26.0 Å². The highest BCUT2D eigenvalue weighted by Gasteiger charge is 2.46. The average molecular weight is 944 g/mol. The van der Waals surface area contributed by atoms with Gasteiger partial charge >= 0.3 is 0 Å². The molecule has 12 atom stereocenters. The predicted molar refractivity (Wildman–Crippen MR) is 239 cm³/mol. The first-order chi connectivity index (χ1) is 31.3. The SMILES string of the molecule is CC[C@H](C)[C@@H]1NC(=O)CNC(=O)[C@@H]2CC3=C(NC4C=CC=CC34)SC[C@H](NC(=O)CNC1=O)C(=O)N[C@@H](CC(N)=O)C(=O)N1C[C@H](NC(N)=NC)C[C@H]1C(=O)N[C@@H]([C@@H](C)[C@@H](O)CO)C(=O)N2. The van der Waals surface area contributed by atoms with Crippen LogP contribution in [0.3, 0.4) is 0 Å². The summed E-state index contributed by atoms with van der Waals surface area (Å²) in [4.78, 5) is 130. The van der Waals surface area contributed by atoms with Gasteiger partial charge in [-0.1, -0.05) is 51.5 Å². The standard InChI is InChI=1S/C41H61N13O11S/c1-5-18(2)32-37(63)46-13-30(58)48-26-17-66-39-22(21-8-6-7-9-23(21)51-39)11-24(34(60)45-14-31(59)52-32)49-38(64)33(19(3)28(56)16-55)53-36(62)27-10-20(47-41(43)44-4)15-54(27)40(65)25(12-29(42)57)50-35(26)61/h6-9,18-21,23-28,32-33,51,55-56H,5,10-17H2,1-4H3,(H2,42,57)(H,45,60)(H,46,63)(H,48,58)(H,49,64)(H,50,61)(H,52,59)(H,53,62)(H3,43,44,47)/t18-,19-,20+,21?,23?,24-,25-,26-,27-,28-,32-,33-/m0/s1. The second kappa shape index (κ2) is 22.8. The fourth-order valence-corrected chi connectivity index (χ4v) is 9.46. The molecule has 15 N–H and O–H groups in total. The number of fused-ring (bicyclic) bond motifs is 5. The number of aliphatic hydroxyl groups is 2. The smallest absolute Gasteiger partial charge is 0.246 e. The van der Waals surface area contributed by atoms with Crippen molar-refractivity contribution in [2.75, 3.05) is 39.0 Å². The zero-order valence-electron chi connectivity index (χ0n) is 37.1. The number of thioether (sulfide) groups is 1. The molecule has 9 amide bonds. The summed E-state index contributed by atoms with van der Waals surface area (Å²) in [6.45, 7) is 2.51. The number of hydrogen-bond acceptors (Lipinski definition) is 14. The zero-order valence-corrected chi connectivity index (χ0v) is 37.9. The molecule has 66 heavy (non-hydrogen) atoms. The largest absolute Gasteiger partial charge is 0.394 e. The highest BCUT2D eigenvalue weighted by molar-refractivity contribution is 8.03. The van der Waals surface area contributed by atoms with Crippen molar-refractivity contribution in [1.82, 2.24) is 52.8 Å². The molecule has 0 aromatic heterocycles. The van der Waals surface area contributed by atoms with Gasteiger partial charge in [-0.3, -0.25) is 48.1 Å². The molecule has 0 aromatic rings. The number of nitrogens with one attached hydrogen (secondary N) is 9. The summed E-state index contributed by atoms with van der Waals surface area (Å²) in [5.41, 5.74) is 12.1. The van der Waals surface area contributed by atoms with E-state index in [1.165, 1.54) is 14.0 Å². The van der Waals surface area contributed by atoms with E-state index >= 15 is 0 Å². The molecule has 0 radical (unpaired) electrons. The van der Waals surface area contributed by atoms with Crippen LogP contribution in [0.5, 0.6) is 0 Å². The normalized spacial score (nSPS) is 31.0. The Bertz CT molecular complexity index is 2050. The fourth-order valence-electron chi connectivity index (χ4n) is 8.27. The number of rotatable bonds is 8. The number of nitrogens with two attached hydrogens (primary N) is 2. The number of primary amides is 1. The molecule has 2 unspecified atom stereocenters. The maximum Gasteiger partial charge on any atom is 0.246 e. The van der Waals surface area contributed by atoms with Crippen LogP contribution in [0, 0.1) is 17.8 Å². The second-order valence-corrected chi connectivity index (χ2v) is 17.9. The molecule has 1 aliphatic carbocycles. The Hall–Kier alpha value is -6.21. The lowest BCUT2D eigenvalue weighted by atomic mass is 9.87.